The van der Waals surface area contributed by atoms with Crippen molar-refractivity contribution >= 4 is 23.4 Å². The highest BCUT2D eigenvalue weighted by atomic mass is 16.5. The number of amides is 3. The van der Waals surface area contributed by atoms with Gasteiger partial charge in [-0.05, 0) is 31.0 Å². The highest BCUT2D eigenvalue weighted by molar-refractivity contribution is 5.98. The summed E-state index contributed by atoms with van der Waals surface area (Å²) < 4.78 is 5.18. The van der Waals surface area contributed by atoms with Gasteiger partial charge in [-0.3, -0.25) is 14.4 Å². The van der Waals surface area contributed by atoms with E-state index in [9.17, 15) is 14.4 Å². The van der Waals surface area contributed by atoms with Gasteiger partial charge in [0.05, 0.1) is 12.8 Å². The molecule has 0 bridgehead atoms. The number of likely N-dealkylation sites (tertiary alicyclic amines) is 1. The molecule has 7 heteroatoms. The average molecular weight is 319 g/mol. The number of benzene rings is 1. The Labute approximate surface area is 134 Å². The summed E-state index contributed by atoms with van der Waals surface area (Å²) in [6.07, 6.45) is 1.16. The van der Waals surface area contributed by atoms with Crippen LogP contribution < -0.4 is 15.8 Å². The second-order valence-electron chi connectivity index (χ2n) is 5.57. The Bertz CT molecular complexity index is 622. The number of piperidine rings is 1. The van der Waals surface area contributed by atoms with E-state index in [1.54, 1.807) is 23.1 Å². The highest BCUT2D eigenvalue weighted by Crippen LogP contribution is 2.27. The number of hydrogen-bond donors (Lipinski definition) is 2. The predicted octanol–water partition coefficient (Wildman–Crippen LogP) is 0.991. The second-order valence-corrected chi connectivity index (χ2v) is 5.57. The summed E-state index contributed by atoms with van der Waals surface area (Å²) in [5, 5.41) is 2.65. The molecule has 1 aliphatic rings. The quantitative estimate of drug-likeness (QED) is 0.864. The number of hydrogen-bond acceptors (Lipinski definition) is 4. The maximum atomic E-state index is 12.6. The molecule has 1 aromatic carbocycles. The van der Waals surface area contributed by atoms with Crippen LogP contribution in [0.2, 0.25) is 0 Å². The number of rotatable bonds is 4. The lowest BCUT2D eigenvalue weighted by Gasteiger charge is -2.30. The van der Waals surface area contributed by atoms with Crippen molar-refractivity contribution in [3.8, 4) is 5.75 Å². The Morgan fingerprint density at radius 1 is 1.26 bits per heavy atom. The normalized spacial score (nSPS) is 15.1. The number of nitrogens with two attached hydrogens (primary N) is 1. The topological polar surface area (TPSA) is 102 Å². The van der Waals surface area contributed by atoms with E-state index in [4.69, 9.17) is 10.5 Å². The summed E-state index contributed by atoms with van der Waals surface area (Å²) in [5.41, 5.74) is 6.22. The van der Waals surface area contributed by atoms with Gasteiger partial charge in [-0.2, -0.15) is 0 Å². The molecular formula is C16H21N3O4. The Balaban J connectivity index is 2.13. The Hall–Kier alpha value is -2.57. The molecule has 1 saturated heterocycles. The lowest BCUT2D eigenvalue weighted by atomic mass is 9.96. The first-order valence-corrected chi connectivity index (χ1v) is 7.46. The number of ether oxygens (including phenoxy) is 1. The minimum absolute atomic E-state index is 0.137. The summed E-state index contributed by atoms with van der Waals surface area (Å²) >= 11 is 0. The van der Waals surface area contributed by atoms with E-state index in [1.807, 2.05) is 0 Å². The molecule has 0 saturated carbocycles. The zero-order valence-electron chi connectivity index (χ0n) is 13.3. The van der Waals surface area contributed by atoms with Crippen LogP contribution >= 0.6 is 0 Å². The molecule has 1 aromatic rings. The fourth-order valence-corrected chi connectivity index (χ4v) is 2.68. The van der Waals surface area contributed by atoms with Crippen molar-refractivity contribution in [2.45, 2.75) is 19.8 Å². The molecule has 1 heterocycles. The van der Waals surface area contributed by atoms with Crippen molar-refractivity contribution in [1.82, 2.24) is 4.90 Å². The largest absolute Gasteiger partial charge is 0.495 e. The monoisotopic (exact) mass is 319 g/mol. The van der Waals surface area contributed by atoms with Crippen molar-refractivity contribution < 1.29 is 19.1 Å². The molecule has 1 aliphatic heterocycles. The molecule has 0 radical (unpaired) electrons. The molecule has 0 aromatic heterocycles. The summed E-state index contributed by atoms with van der Waals surface area (Å²) in [5.74, 6) is -0.360. The van der Waals surface area contributed by atoms with Crippen molar-refractivity contribution in [2.24, 2.45) is 11.7 Å². The minimum atomic E-state index is -0.311. The number of methoxy groups -OCH3 is 1. The minimum Gasteiger partial charge on any atom is -0.495 e. The van der Waals surface area contributed by atoms with Gasteiger partial charge in [0.15, 0.2) is 0 Å². The average Bonchev–Trinajstić information content (AvgIpc) is 2.53. The van der Waals surface area contributed by atoms with Gasteiger partial charge in [-0.1, -0.05) is 0 Å². The van der Waals surface area contributed by atoms with Crippen LogP contribution in [-0.4, -0.2) is 42.8 Å². The van der Waals surface area contributed by atoms with E-state index < -0.39 is 0 Å². The summed E-state index contributed by atoms with van der Waals surface area (Å²) in [6, 6.07) is 4.91. The predicted molar refractivity (Wildman–Crippen MR) is 85.1 cm³/mol. The number of nitrogens with one attached hydrogen (secondary N) is 1. The molecule has 1 fully saturated rings. The fourth-order valence-electron chi connectivity index (χ4n) is 2.68. The molecule has 0 atom stereocenters. The van der Waals surface area contributed by atoms with Crippen LogP contribution in [0.5, 0.6) is 5.75 Å². The number of primary amides is 1. The molecular weight excluding hydrogens is 298 g/mol. The van der Waals surface area contributed by atoms with Crippen molar-refractivity contribution in [3.63, 3.8) is 0 Å². The zero-order valence-corrected chi connectivity index (χ0v) is 13.3. The molecule has 0 unspecified atom stereocenters. The second kappa shape index (κ2) is 7.13. The van der Waals surface area contributed by atoms with E-state index in [0.717, 1.165) is 0 Å². The van der Waals surface area contributed by atoms with Crippen LogP contribution in [0.3, 0.4) is 0 Å². The maximum absolute atomic E-state index is 12.6. The first-order chi connectivity index (χ1) is 10.9. The van der Waals surface area contributed by atoms with Gasteiger partial charge < -0.3 is 20.7 Å². The highest BCUT2D eigenvalue weighted by Gasteiger charge is 2.26. The Kier molecular flexibility index (Phi) is 5.20. The van der Waals surface area contributed by atoms with Gasteiger partial charge in [-0.25, -0.2) is 0 Å². The lowest BCUT2D eigenvalue weighted by Crippen LogP contribution is -2.41. The number of nitrogens with zero attached hydrogens (tertiary/aromatic N) is 1. The van der Waals surface area contributed by atoms with E-state index in [2.05, 4.69) is 5.32 Å². The molecule has 0 aliphatic carbocycles. The van der Waals surface area contributed by atoms with Crippen LogP contribution in [0, 0.1) is 5.92 Å². The van der Waals surface area contributed by atoms with Crippen LogP contribution in [0.25, 0.3) is 0 Å². The molecule has 124 valence electrons. The Morgan fingerprint density at radius 3 is 2.43 bits per heavy atom. The molecule has 7 nitrogen and oxygen atoms in total. The SMILES string of the molecule is COc1ccc(C(=O)N2CCC(C(N)=O)CC2)cc1NC(C)=O. The molecule has 3 N–H and O–H groups in total. The first kappa shape index (κ1) is 16.8. The third-order valence-electron chi connectivity index (χ3n) is 3.94. The van der Waals surface area contributed by atoms with Gasteiger partial charge in [0, 0.05) is 31.5 Å². The fraction of sp³-hybridized carbons (Fsp3) is 0.438. The number of carbonyl (C=O) groups excluding carboxylic acids is 3. The van der Waals surface area contributed by atoms with Gasteiger partial charge in [0.1, 0.15) is 5.75 Å². The summed E-state index contributed by atoms with van der Waals surface area (Å²) in [4.78, 5) is 36.7. The van der Waals surface area contributed by atoms with Crippen molar-refractivity contribution in [2.75, 3.05) is 25.5 Å². The van der Waals surface area contributed by atoms with Crippen LogP contribution in [0.15, 0.2) is 18.2 Å². The van der Waals surface area contributed by atoms with Crippen LogP contribution in [0.1, 0.15) is 30.1 Å². The third kappa shape index (κ3) is 4.00. The van der Waals surface area contributed by atoms with Gasteiger partial charge in [0.2, 0.25) is 11.8 Å². The standard InChI is InChI=1S/C16H21N3O4/c1-10(20)18-13-9-12(3-4-14(13)23-2)16(22)19-7-5-11(6-8-19)15(17)21/h3-4,9,11H,5-8H2,1-2H3,(H2,17,21)(H,18,20). The van der Waals surface area contributed by atoms with Crippen LogP contribution in [-0.2, 0) is 9.59 Å². The maximum Gasteiger partial charge on any atom is 0.253 e. The molecule has 3 amide bonds. The van der Waals surface area contributed by atoms with Crippen LogP contribution in [0.4, 0.5) is 5.69 Å². The summed E-state index contributed by atoms with van der Waals surface area (Å²) in [7, 11) is 1.50. The smallest absolute Gasteiger partial charge is 0.253 e. The van der Waals surface area contributed by atoms with Crippen molar-refractivity contribution in [3.05, 3.63) is 23.8 Å². The molecule has 0 spiro atoms. The summed E-state index contributed by atoms with van der Waals surface area (Å²) in [6.45, 7) is 2.38. The zero-order chi connectivity index (χ0) is 17.0. The first-order valence-electron chi connectivity index (χ1n) is 7.46. The Morgan fingerprint density at radius 2 is 1.91 bits per heavy atom. The number of carbonyl (C=O) groups is 3. The number of anilines is 1. The van der Waals surface area contributed by atoms with E-state index >= 15 is 0 Å². The third-order valence-corrected chi connectivity index (χ3v) is 3.94. The van der Waals surface area contributed by atoms with E-state index in [1.165, 1.54) is 14.0 Å². The van der Waals surface area contributed by atoms with Crippen molar-refractivity contribution in [1.29, 1.82) is 0 Å². The van der Waals surface area contributed by atoms with E-state index in [0.29, 0.717) is 42.9 Å². The lowest BCUT2D eigenvalue weighted by molar-refractivity contribution is -0.123. The van der Waals surface area contributed by atoms with Gasteiger partial charge >= 0.3 is 0 Å². The molecule has 2 rings (SSSR count). The van der Waals surface area contributed by atoms with E-state index in [-0.39, 0.29) is 23.6 Å². The van der Waals surface area contributed by atoms with Gasteiger partial charge in [-0.15, -0.1) is 0 Å². The van der Waals surface area contributed by atoms with Gasteiger partial charge in [0.25, 0.3) is 5.91 Å². The molecule has 23 heavy (non-hydrogen) atoms.